The first kappa shape index (κ1) is 24.6. The van der Waals surface area contributed by atoms with Gasteiger partial charge in [0, 0.05) is 29.8 Å². The summed E-state index contributed by atoms with van der Waals surface area (Å²) in [5, 5.41) is 18.2. The average Bonchev–Trinajstić information content (AvgIpc) is 2.81. The van der Waals surface area contributed by atoms with Gasteiger partial charge in [-0.3, -0.25) is 0 Å². The van der Waals surface area contributed by atoms with Crippen LogP contribution in [0.1, 0.15) is 81.8 Å². The third-order valence-electron chi connectivity index (χ3n) is 6.63. The summed E-state index contributed by atoms with van der Waals surface area (Å²) in [6, 6.07) is 17.0. The Balaban J connectivity index is 1.98. The van der Waals surface area contributed by atoms with E-state index in [-0.39, 0.29) is 18.6 Å². The maximum Gasteiger partial charge on any atom is 0.123 e. The lowest BCUT2D eigenvalue weighted by atomic mass is 9.66. The first-order chi connectivity index (χ1) is 15.8. The molecule has 2 aromatic carbocycles. The fourth-order valence-electron chi connectivity index (χ4n) is 4.96. The summed E-state index contributed by atoms with van der Waals surface area (Å²) >= 11 is 0. The summed E-state index contributed by atoms with van der Waals surface area (Å²) in [5.41, 5.74) is 2.39. The highest BCUT2D eigenvalue weighted by molar-refractivity contribution is 5.52. The molecule has 176 valence electrons. The molecule has 3 rings (SSSR count). The number of benzene rings is 2. The maximum atomic E-state index is 9.12. The van der Waals surface area contributed by atoms with Gasteiger partial charge in [0.15, 0.2) is 0 Å². The van der Waals surface area contributed by atoms with Gasteiger partial charge in [-0.25, -0.2) is 0 Å². The molecule has 2 aromatic rings. The Morgan fingerprint density at radius 2 is 1.03 bits per heavy atom. The van der Waals surface area contributed by atoms with Gasteiger partial charge < -0.3 is 19.7 Å². The van der Waals surface area contributed by atoms with Gasteiger partial charge in [-0.2, -0.15) is 0 Å². The van der Waals surface area contributed by atoms with Crippen LogP contribution in [-0.4, -0.2) is 36.6 Å². The van der Waals surface area contributed by atoms with E-state index in [4.69, 9.17) is 19.7 Å². The molecule has 2 N–H and O–H groups in total. The van der Waals surface area contributed by atoms with Crippen molar-refractivity contribution in [2.75, 3.05) is 26.4 Å². The van der Waals surface area contributed by atoms with Gasteiger partial charge in [-0.1, -0.05) is 68.5 Å². The van der Waals surface area contributed by atoms with Crippen LogP contribution in [0.15, 0.2) is 48.5 Å². The fourth-order valence-corrected chi connectivity index (χ4v) is 4.96. The van der Waals surface area contributed by atoms with Crippen LogP contribution >= 0.6 is 0 Å². The first-order valence-corrected chi connectivity index (χ1v) is 12.5. The summed E-state index contributed by atoms with van der Waals surface area (Å²) in [6.07, 6.45) is 11.6. The van der Waals surface area contributed by atoms with Crippen molar-refractivity contribution >= 4 is 0 Å². The second-order valence-electron chi connectivity index (χ2n) is 8.90. The van der Waals surface area contributed by atoms with Gasteiger partial charge in [0.2, 0.25) is 0 Å². The number of hydrogen-bond donors (Lipinski definition) is 2. The third-order valence-corrected chi connectivity index (χ3v) is 6.63. The lowest BCUT2D eigenvalue weighted by Crippen LogP contribution is -2.30. The van der Waals surface area contributed by atoms with Crippen LogP contribution in [-0.2, 0) is 5.41 Å². The number of unbranched alkanes of at least 4 members (excludes halogenated alkanes) is 2. The molecule has 0 saturated heterocycles. The molecule has 1 aliphatic carbocycles. The monoisotopic (exact) mass is 440 g/mol. The van der Waals surface area contributed by atoms with Crippen molar-refractivity contribution < 1.29 is 19.7 Å². The quantitative estimate of drug-likeness (QED) is 0.396. The van der Waals surface area contributed by atoms with Crippen LogP contribution in [0.5, 0.6) is 11.5 Å². The van der Waals surface area contributed by atoms with E-state index in [1.165, 1.54) is 43.2 Å². The van der Waals surface area contributed by atoms with Gasteiger partial charge in [0.05, 0.1) is 13.2 Å². The number of hydrogen-bond acceptors (Lipinski definition) is 4. The highest BCUT2D eigenvalue weighted by atomic mass is 16.5. The highest BCUT2D eigenvalue weighted by Crippen LogP contribution is 2.49. The van der Waals surface area contributed by atoms with Crippen LogP contribution in [0.4, 0.5) is 0 Å². The minimum absolute atomic E-state index is 0.137. The number of aliphatic hydroxyl groups is 2. The number of rotatable bonds is 12. The Morgan fingerprint density at radius 1 is 0.594 bits per heavy atom. The minimum Gasteiger partial charge on any atom is -0.493 e. The van der Waals surface area contributed by atoms with Crippen molar-refractivity contribution in [2.24, 2.45) is 0 Å². The van der Waals surface area contributed by atoms with Crippen molar-refractivity contribution in [1.29, 1.82) is 0 Å². The SMILES string of the molecule is OCCCCOc1ccccc1C1(c2ccccc2OCCCCO)CCCCCCC1. The van der Waals surface area contributed by atoms with Crippen LogP contribution in [0.2, 0.25) is 0 Å². The predicted molar refractivity (Wildman–Crippen MR) is 130 cm³/mol. The third kappa shape index (κ3) is 6.49. The van der Waals surface area contributed by atoms with Gasteiger partial charge in [-0.15, -0.1) is 0 Å². The molecule has 0 unspecified atom stereocenters. The van der Waals surface area contributed by atoms with Crippen molar-refractivity contribution in [3.8, 4) is 11.5 Å². The minimum atomic E-state index is -0.137. The molecular weight excluding hydrogens is 400 g/mol. The molecule has 0 amide bonds. The summed E-state index contributed by atoms with van der Waals surface area (Å²) in [6.45, 7) is 1.64. The largest absolute Gasteiger partial charge is 0.493 e. The van der Waals surface area contributed by atoms with Crippen molar-refractivity contribution in [1.82, 2.24) is 0 Å². The topological polar surface area (TPSA) is 58.9 Å². The molecule has 1 aliphatic rings. The summed E-state index contributed by atoms with van der Waals surface area (Å²) in [5.74, 6) is 1.92. The van der Waals surface area contributed by atoms with Gasteiger partial charge >= 0.3 is 0 Å². The van der Waals surface area contributed by atoms with E-state index in [0.29, 0.717) is 13.2 Å². The molecule has 0 bridgehead atoms. The van der Waals surface area contributed by atoms with Crippen molar-refractivity contribution in [3.05, 3.63) is 59.7 Å². The molecule has 4 heteroatoms. The molecule has 0 heterocycles. The summed E-state index contributed by atoms with van der Waals surface area (Å²) < 4.78 is 12.6. The molecular formula is C28H40O4. The molecule has 0 atom stereocenters. The van der Waals surface area contributed by atoms with Crippen molar-refractivity contribution in [2.45, 2.75) is 76.0 Å². The normalized spacial score (nSPS) is 16.2. The Labute approximate surface area is 193 Å². The molecule has 32 heavy (non-hydrogen) atoms. The standard InChI is InChI=1S/C28H40O4/c29-20-10-12-22-31-26-16-6-4-14-24(26)28(18-8-2-1-3-9-19-28)25-15-5-7-17-27(25)32-23-13-11-21-30/h4-7,14-17,29-30H,1-3,8-13,18-23H2. The van der Waals surface area contributed by atoms with Crippen LogP contribution in [0.3, 0.4) is 0 Å². The van der Waals surface area contributed by atoms with E-state index < -0.39 is 0 Å². The smallest absolute Gasteiger partial charge is 0.123 e. The Kier molecular flexibility index (Phi) is 10.4. The van der Waals surface area contributed by atoms with Crippen molar-refractivity contribution in [3.63, 3.8) is 0 Å². The maximum absolute atomic E-state index is 9.12. The Bertz CT molecular complexity index is 723. The van der Waals surface area contributed by atoms with Gasteiger partial charge in [0.25, 0.3) is 0 Å². The lowest BCUT2D eigenvalue weighted by molar-refractivity contribution is 0.243. The van der Waals surface area contributed by atoms with E-state index >= 15 is 0 Å². The zero-order valence-corrected chi connectivity index (χ0v) is 19.4. The predicted octanol–water partition coefficient (Wildman–Crippen LogP) is 6.02. The molecule has 0 radical (unpaired) electrons. The van der Waals surface area contributed by atoms with E-state index in [0.717, 1.165) is 50.0 Å². The average molecular weight is 441 g/mol. The van der Waals surface area contributed by atoms with E-state index in [1.807, 2.05) is 0 Å². The lowest BCUT2D eigenvalue weighted by Gasteiger charge is -2.39. The van der Waals surface area contributed by atoms with Crippen LogP contribution in [0, 0.1) is 0 Å². The van der Waals surface area contributed by atoms with E-state index in [1.54, 1.807) is 0 Å². The molecule has 4 nitrogen and oxygen atoms in total. The second-order valence-corrected chi connectivity index (χ2v) is 8.90. The molecule has 0 aliphatic heterocycles. The zero-order chi connectivity index (χ0) is 22.5. The Hall–Kier alpha value is -2.04. The summed E-state index contributed by atoms with van der Waals surface area (Å²) in [7, 11) is 0. The molecule has 0 aromatic heterocycles. The molecule has 0 spiro atoms. The zero-order valence-electron chi connectivity index (χ0n) is 19.4. The van der Waals surface area contributed by atoms with Gasteiger partial charge in [-0.05, 0) is 50.7 Å². The van der Waals surface area contributed by atoms with Gasteiger partial charge in [0.1, 0.15) is 11.5 Å². The number of aliphatic hydroxyl groups excluding tert-OH is 2. The van der Waals surface area contributed by atoms with Crippen LogP contribution in [0.25, 0.3) is 0 Å². The van der Waals surface area contributed by atoms with Crippen LogP contribution < -0.4 is 9.47 Å². The molecule has 1 saturated carbocycles. The van der Waals surface area contributed by atoms with E-state index in [2.05, 4.69) is 48.5 Å². The second kappa shape index (κ2) is 13.5. The fraction of sp³-hybridized carbons (Fsp3) is 0.571. The summed E-state index contributed by atoms with van der Waals surface area (Å²) in [4.78, 5) is 0. The Morgan fingerprint density at radius 3 is 1.50 bits per heavy atom. The molecule has 1 fully saturated rings. The number of ether oxygens (including phenoxy) is 2. The first-order valence-electron chi connectivity index (χ1n) is 12.5. The highest BCUT2D eigenvalue weighted by Gasteiger charge is 2.38. The number of para-hydroxylation sites is 2. The van der Waals surface area contributed by atoms with E-state index in [9.17, 15) is 0 Å².